The second-order valence-electron chi connectivity index (χ2n) is 6.29. The summed E-state index contributed by atoms with van der Waals surface area (Å²) in [5, 5.41) is 11.7. The van der Waals surface area contributed by atoms with Gasteiger partial charge < -0.3 is 9.47 Å². The average Bonchev–Trinajstić information content (AvgIpc) is 2.87. The van der Waals surface area contributed by atoms with E-state index in [1.807, 2.05) is 18.4 Å². The van der Waals surface area contributed by atoms with Crippen molar-refractivity contribution in [1.29, 1.82) is 5.41 Å². The van der Waals surface area contributed by atoms with Gasteiger partial charge in [0.05, 0.1) is 0 Å². The Labute approximate surface area is 147 Å². The molecule has 0 saturated heterocycles. The highest BCUT2D eigenvalue weighted by Gasteiger charge is 2.22. The van der Waals surface area contributed by atoms with E-state index in [1.54, 1.807) is 20.8 Å². The van der Waals surface area contributed by atoms with Crippen LogP contribution < -0.4 is 10.8 Å². The molecule has 0 aliphatic heterocycles. The number of thiophene rings is 1. The fourth-order valence-corrected chi connectivity index (χ4v) is 2.42. The number of ether oxygens (including phenoxy) is 2. The average molecular weight is 351 g/mol. The molecule has 2 N–H and O–H groups in total. The van der Waals surface area contributed by atoms with Crippen molar-refractivity contribution in [2.45, 2.75) is 39.2 Å². The Morgan fingerprint density at radius 1 is 1.46 bits per heavy atom. The maximum Gasteiger partial charge on any atom is 0.416 e. The Hall–Kier alpha value is -2.03. The third-order valence-electron chi connectivity index (χ3n) is 2.81. The van der Waals surface area contributed by atoms with Gasteiger partial charge in [-0.1, -0.05) is 18.5 Å². The van der Waals surface area contributed by atoms with Gasteiger partial charge in [0.2, 0.25) is 5.96 Å². The molecule has 0 aliphatic carbocycles. The number of carbonyl (C=O) groups excluding carboxylic acids is 2. The van der Waals surface area contributed by atoms with E-state index in [-0.39, 0.29) is 12.5 Å². The Morgan fingerprint density at radius 3 is 2.58 bits per heavy atom. The first kappa shape index (κ1) is 20.0. The summed E-state index contributed by atoms with van der Waals surface area (Å²) in [6, 6.07) is 1.83. The van der Waals surface area contributed by atoms with Crippen molar-refractivity contribution in [3.63, 3.8) is 0 Å². The summed E-state index contributed by atoms with van der Waals surface area (Å²) in [5.74, 6) is -0.445. The minimum absolute atomic E-state index is 0.0161. The fraction of sp³-hybridized carbons (Fsp3) is 0.533. The molecule has 0 aromatic carbocycles. The number of alkyl carbamates (subject to hydrolysis) is 1. The summed E-state index contributed by atoms with van der Waals surface area (Å²) in [6.45, 7) is 7.15. The summed E-state index contributed by atoms with van der Waals surface area (Å²) in [7, 11) is 6.99. The van der Waals surface area contributed by atoms with Gasteiger partial charge in [-0.05, 0) is 26.2 Å². The van der Waals surface area contributed by atoms with Crippen molar-refractivity contribution < 1.29 is 19.1 Å². The van der Waals surface area contributed by atoms with Gasteiger partial charge in [0.1, 0.15) is 20.1 Å². The molecule has 0 fully saturated rings. The zero-order valence-electron chi connectivity index (χ0n) is 14.5. The smallest absolute Gasteiger partial charge is 0.416 e. The lowest BCUT2D eigenvalue weighted by Gasteiger charge is -2.22. The van der Waals surface area contributed by atoms with E-state index < -0.39 is 23.7 Å². The molecule has 24 heavy (non-hydrogen) atoms. The standard InChI is InChI=1S/C15H22BN3O4S/c1-9(11-6-10(16)8-24-11)7-22-14(21)19(5)12(17)18-13(20)23-15(2,3)4/h6,8-9H,7H2,1-5H3,(H2,17,18,20). The van der Waals surface area contributed by atoms with E-state index in [0.717, 1.165) is 9.78 Å². The molecule has 9 heteroatoms. The number of nitrogens with one attached hydrogen (secondary N) is 2. The van der Waals surface area contributed by atoms with Crippen LogP contribution in [0.25, 0.3) is 0 Å². The van der Waals surface area contributed by atoms with Gasteiger partial charge in [-0.25, -0.2) is 9.59 Å². The molecule has 1 unspecified atom stereocenters. The molecule has 0 bridgehead atoms. The number of carbonyl (C=O) groups is 2. The molecular formula is C15H22BN3O4S. The topological polar surface area (TPSA) is 91.7 Å². The van der Waals surface area contributed by atoms with Gasteiger partial charge in [-0.3, -0.25) is 15.6 Å². The van der Waals surface area contributed by atoms with Crippen molar-refractivity contribution in [3.8, 4) is 0 Å². The molecule has 0 spiro atoms. The molecule has 1 atom stereocenters. The maximum atomic E-state index is 11.9. The van der Waals surface area contributed by atoms with Crippen LogP contribution in [0.15, 0.2) is 11.4 Å². The van der Waals surface area contributed by atoms with Crippen LogP contribution in [0.3, 0.4) is 0 Å². The minimum atomic E-state index is -0.811. The zero-order chi connectivity index (χ0) is 18.5. The molecule has 1 aromatic rings. The molecule has 1 aromatic heterocycles. The monoisotopic (exact) mass is 351 g/mol. The van der Waals surface area contributed by atoms with Crippen LogP contribution in [0.5, 0.6) is 0 Å². The molecule has 130 valence electrons. The molecule has 2 radical (unpaired) electrons. The second-order valence-corrected chi connectivity index (χ2v) is 7.24. The third kappa shape index (κ3) is 6.61. The van der Waals surface area contributed by atoms with Crippen LogP contribution >= 0.6 is 11.3 Å². The van der Waals surface area contributed by atoms with E-state index in [1.165, 1.54) is 18.4 Å². The molecule has 1 heterocycles. The highest BCUT2D eigenvalue weighted by atomic mass is 32.1. The minimum Gasteiger partial charge on any atom is -0.448 e. The van der Waals surface area contributed by atoms with Gasteiger partial charge in [-0.2, -0.15) is 0 Å². The maximum absolute atomic E-state index is 11.9. The predicted molar refractivity (Wildman–Crippen MR) is 94.3 cm³/mol. The molecule has 0 saturated carbocycles. The van der Waals surface area contributed by atoms with E-state index in [9.17, 15) is 9.59 Å². The largest absolute Gasteiger partial charge is 0.448 e. The predicted octanol–water partition coefficient (Wildman–Crippen LogP) is 2.17. The van der Waals surface area contributed by atoms with Crippen molar-refractivity contribution in [2.75, 3.05) is 13.7 Å². The number of hydrogen-bond donors (Lipinski definition) is 2. The van der Waals surface area contributed by atoms with Gasteiger partial charge in [-0.15, -0.1) is 11.3 Å². The van der Waals surface area contributed by atoms with Crippen LogP contribution in [0.4, 0.5) is 9.59 Å². The molecule has 0 aliphatic rings. The highest BCUT2D eigenvalue weighted by Crippen LogP contribution is 2.19. The van der Waals surface area contributed by atoms with Gasteiger partial charge in [0.15, 0.2) is 0 Å². The Bertz CT molecular complexity index is 612. The van der Waals surface area contributed by atoms with Crippen molar-refractivity contribution >= 4 is 42.8 Å². The van der Waals surface area contributed by atoms with Crippen molar-refractivity contribution in [2.24, 2.45) is 0 Å². The van der Waals surface area contributed by atoms with Crippen LogP contribution in [0, 0.1) is 5.41 Å². The summed E-state index contributed by atoms with van der Waals surface area (Å²) >= 11 is 1.49. The summed E-state index contributed by atoms with van der Waals surface area (Å²) in [6.07, 6.45) is -1.55. The lowest BCUT2D eigenvalue weighted by molar-refractivity contribution is 0.0556. The normalized spacial score (nSPS) is 12.2. The Morgan fingerprint density at radius 2 is 2.08 bits per heavy atom. The van der Waals surface area contributed by atoms with Crippen molar-refractivity contribution in [1.82, 2.24) is 10.2 Å². The van der Waals surface area contributed by atoms with Crippen molar-refractivity contribution in [3.05, 3.63) is 16.3 Å². The number of rotatable bonds is 3. The SMILES string of the molecule is [B]c1csc(C(C)COC(=O)N(C)C(=N)NC(=O)OC(C)(C)C)c1. The lowest BCUT2D eigenvalue weighted by Crippen LogP contribution is -2.46. The fourth-order valence-electron chi connectivity index (χ4n) is 1.58. The molecule has 7 nitrogen and oxygen atoms in total. The van der Waals surface area contributed by atoms with Crippen LogP contribution in [-0.2, 0) is 9.47 Å². The van der Waals surface area contributed by atoms with Crippen LogP contribution in [0.2, 0.25) is 0 Å². The first-order valence-corrected chi connectivity index (χ1v) is 8.20. The molecular weight excluding hydrogens is 329 g/mol. The van der Waals surface area contributed by atoms with Crippen LogP contribution in [-0.4, -0.2) is 50.1 Å². The second kappa shape index (κ2) is 8.19. The van der Waals surface area contributed by atoms with E-state index >= 15 is 0 Å². The first-order chi connectivity index (χ1) is 11.0. The third-order valence-corrected chi connectivity index (χ3v) is 3.99. The molecule has 2 amide bonds. The number of guanidine groups is 1. The number of amides is 2. The highest BCUT2D eigenvalue weighted by molar-refractivity contribution is 7.11. The number of nitrogens with zero attached hydrogens (tertiary/aromatic N) is 1. The zero-order valence-corrected chi connectivity index (χ0v) is 15.3. The van der Waals surface area contributed by atoms with E-state index in [2.05, 4.69) is 5.32 Å². The summed E-state index contributed by atoms with van der Waals surface area (Å²) in [5.41, 5.74) is -0.0184. The lowest BCUT2D eigenvalue weighted by atomic mass is 9.99. The quantitative estimate of drug-likeness (QED) is 0.496. The van der Waals surface area contributed by atoms with Gasteiger partial charge in [0.25, 0.3) is 0 Å². The summed E-state index contributed by atoms with van der Waals surface area (Å²) in [4.78, 5) is 25.4. The van der Waals surface area contributed by atoms with E-state index in [0.29, 0.717) is 5.46 Å². The van der Waals surface area contributed by atoms with Gasteiger partial charge in [0, 0.05) is 17.8 Å². The number of hydrogen-bond acceptors (Lipinski definition) is 6. The molecule has 1 rings (SSSR count). The Kier molecular flexibility index (Phi) is 6.83. The Balaban J connectivity index is 2.46. The first-order valence-electron chi connectivity index (χ1n) is 7.32. The van der Waals surface area contributed by atoms with Gasteiger partial charge >= 0.3 is 12.2 Å². The van der Waals surface area contributed by atoms with E-state index in [4.69, 9.17) is 22.7 Å². The van der Waals surface area contributed by atoms with Crippen LogP contribution in [0.1, 0.15) is 38.5 Å². The summed E-state index contributed by atoms with van der Waals surface area (Å²) < 4.78 is 10.2.